The fraction of sp³-hybridized carbons (Fsp3) is 0.211. The number of benzene rings is 2. The van der Waals surface area contributed by atoms with E-state index in [0.717, 1.165) is 0 Å². The Kier molecular flexibility index (Phi) is 6.02. The van der Waals surface area contributed by atoms with Crippen LogP contribution in [-0.4, -0.2) is 43.7 Å². The van der Waals surface area contributed by atoms with Crippen LogP contribution in [0.2, 0.25) is 0 Å². The van der Waals surface area contributed by atoms with Crippen molar-refractivity contribution in [1.29, 1.82) is 0 Å². The monoisotopic (exact) mass is 446 g/mol. The van der Waals surface area contributed by atoms with Gasteiger partial charge in [-0.15, -0.1) is 0 Å². The zero-order valence-electron chi connectivity index (χ0n) is 16.5. The van der Waals surface area contributed by atoms with Gasteiger partial charge in [0.25, 0.3) is 21.6 Å². The minimum Gasteiger partial charge on any atom is -0.454 e. The molecule has 1 aliphatic rings. The number of amidine groups is 1. The van der Waals surface area contributed by atoms with E-state index in [1.165, 1.54) is 31.2 Å². The van der Waals surface area contributed by atoms with Gasteiger partial charge in [0.05, 0.1) is 9.82 Å². The number of nitro benzene ring substituents is 1. The van der Waals surface area contributed by atoms with Crippen LogP contribution < -0.4 is 10.0 Å². The van der Waals surface area contributed by atoms with E-state index in [2.05, 4.69) is 15.0 Å². The van der Waals surface area contributed by atoms with E-state index in [1.54, 1.807) is 25.1 Å². The van der Waals surface area contributed by atoms with Gasteiger partial charge < -0.3 is 10.1 Å². The number of anilines is 1. The maximum absolute atomic E-state index is 12.2. The smallest absolute Gasteiger partial charge is 0.331 e. The van der Waals surface area contributed by atoms with E-state index in [9.17, 15) is 28.1 Å². The number of hydrogen-bond acceptors (Lipinski definition) is 8. The molecule has 12 heteroatoms. The van der Waals surface area contributed by atoms with Gasteiger partial charge >= 0.3 is 5.97 Å². The number of carbonyl (C=O) groups excluding carboxylic acids is 2. The number of esters is 1. The normalized spacial score (nSPS) is 16.1. The summed E-state index contributed by atoms with van der Waals surface area (Å²) in [7, 11) is -3.74. The summed E-state index contributed by atoms with van der Waals surface area (Å²) in [5.74, 6) is -1.53. The van der Waals surface area contributed by atoms with Gasteiger partial charge in [0.15, 0.2) is 6.61 Å². The molecular weight excluding hydrogens is 428 g/mol. The van der Waals surface area contributed by atoms with Crippen LogP contribution in [0.1, 0.15) is 18.1 Å². The van der Waals surface area contributed by atoms with Crippen molar-refractivity contribution in [2.75, 3.05) is 11.9 Å². The summed E-state index contributed by atoms with van der Waals surface area (Å²) in [6, 6.07) is 9.27. The molecule has 0 spiro atoms. The molecule has 162 valence electrons. The van der Waals surface area contributed by atoms with E-state index < -0.39 is 39.5 Å². The number of sulfonamides is 1. The molecule has 11 nitrogen and oxygen atoms in total. The van der Waals surface area contributed by atoms with Crippen molar-refractivity contribution in [3.63, 3.8) is 0 Å². The summed E-state index contributed by atoms with van der Waals surface area (Å²) in [6.07, 6.45) is 0. The number of carbonyl (C=O) groups is 2. The lowest BCUT2D eigenvalue weighted by Crippen LogP contribution is -2.28. The van der Waals surface area contributed by atoms with Crippen molar-refractivity contribution >= 4 is 39.1 Å². The first-order valence-electron chi connectivity index (χ1n) is 9.00. The zero-order valence-corrected chi connectivity index (χ0v) is 17.3. The van der Waals surface area contributed by atoms with Crippen LogP contribution in [0.25, 0.3) is 0 Å². The largest absolute Gasteiger partial charge is 0.454 e. The van der Waals surface area contributed by atoms with Crippen molar-refractivity contribution in [3.05, 3.63) is 63.7 Å². The van der Waals surface area contributed by atoms with Gasteiger partial charge in [0.2, 0.25) is 0 Å². The summed E-state index contributed by atoms with van der Waals surface area (Å²) in [5, 5.41) is 13.4. The SMILES string of the molecule is Cc1ccc(NC(=O)COC(=O)[C@H](C)N=C2NS(=O)(=O)c3ccccc32)cc1[N+](=O)[O-]. The van der Waals surface area contributed by atoms with Gasteiger partial charge in [0, 0.05) is 22.9 Å². The molecule has 1 atom stereocenters. The second-order valence-electron chi connectivity index (χ2n) is 6.67. The second kappa shape index (κ2) is 8.52. The molecule has 0 unspecified atom stereocenters. The maximum atomic E-state index is 12.2. The molecule has 31 heavy (non-hydrogen) atoms. The molecular formula is C19H18N4O7S. The summed E-state index contributed by atoms with van der Waals surface area (Å²) >= 11 is 0. The first-order chi connectivity index (χ1) is 14.6. The Labute approximate surface area is 177 Å². The number of rotatable bonds is 6. The molecule has 2 aromatic rings. The lowest BCUT2D eigenvalue weighted by molar-refractivity contribution is -0.385. The quantitative estimate of drug-likeness (QED) is 0.387. The van der Waals surface area contributed by atoms with Crippen LogP contribution in [0, 0.1) is 17.0 Å². The van der Waals surface area contributed by atoms with Crippen LogP contribution in [0.15, 0.2) is 52.4 Å². The molecule has 0 bridgehead atoms. The molecule has 0 saturated heterocycles. The lowest BCUT2D eigenvalue weighted by Gasteiger charge is -2.10. The molecule has 0 aliphatic carbocycles. The van der Waals surface area contributed by atoms with E-state index in [-0.39, 0.29) is 22.1 Å². The van der Waals surface area contributed by atoms with Crippen molar-refractivity contribution in [2.24, 2.45) is 4.99 Å². The molecule has 0 radical (unpaired) electrons. The number of nitrogens with zero attached hydrogens (tertiary/aromatic N) is 2. The Balaban J connectivity index is 1.61. The third-order valence-corrected chi connectivity index (χ3v) is 5.76. The van der Waals surface area contributed by atoms with Gasteiger partial charge in [-0.3, -0.25) is 24.6 Å². The maximum Gasteiger partial charge on any atom is 0.331 e. The molecule has 1 aliphatic heterocycles. The lowest BCUT2D eigenvalue weighted by atomic mass is 10.2. The van der Waals surface area contributed by atoms with E-state index in [0.29, 0.717) is 11.1 Å². The van der Waals surface area contributed by atoms with E-state index in [4.69, 9.17) is 4.74 Å². The van der Waals surface area contributed by atoms with Crippen molar-refractivity contribution in [2.45, 2.75) is 24.8 Å². The molecule has 0 fully saturated rings. The molecule has 2 N–H and O–H groups in total. The highest BCUT2D eigenvalue weighted by atomic mass is 32.2. The Morgan fingerprint density at radius 3 is 2.68 bits per heavy atom. The van der Waals surface area contributed by atoms with Crippen LogP contribution in [-0.2, 0) is 24.3 Å². The highest BCUT2D eigenvalue weighted by molar-refractivity contribution is 7.90. The number of nitro groups is 1. The summed E-state index contributed by atoms with van der Waals surface area (Å²) in [5.41, 5.74) is 0.800. The van der Waals surface area contributed by atoms with Gasteiger partial charge in [-0.05, 0) is 32.0 Å². The number of nitrogens with one attached hydrogen (secondary N) is 2. The predicted molar refractivity (Wildman–Crippen MR) is 110 cm³/mol. The third kappa shape index (κ3) is 4.86. The van der Waals surface area contributed by atoms with Crippen LogP contribution in [0.5, 0.6) is 0 Å². The van der Waals surface area contributed by atoms with Crippen molar-refractivity contribution < 1.29 is 27.7 Å². The minimum absolute atomic E-state index is 0.0106. The first kappa shape index (κ1) is 21.9. The van der Waals surface area contributed by atoms with Crippen LogP contribution in [0.3, 0.4) is 0 Å². The van der Waals surface area contributed by atoms with Gasteiger partial charge in [-0.1, -0.05) is 18.2 Å². The molecule has 0 saturated carbocycles. The van der Waals surface area contributed by atoms with Crippen LogP contribution in [0.4, 0.5) is 11.4 Å². The van der Waals surface area contributed by atoms with Crippen molar-refractivity contribution in [1.82, 2.24) is 4.72 Å². The fourth-order valence-electron chi connectivity index (χ4n) is 2.81. The Morgan fingerprint density at radius 1 is 1.26 bits per heavy atom. The van der Waals surface area contributed by atoms with Gasteiger partial charge in [0.1, 0.15) is 11.9 Å². The fourth-order valence-corrected chi connectivity index (χ4v) is 4.05. The summed E-state index contributed by atoms with van der Waals surface area (Å²) < 4.78 is 31.4. The molecule has 0 aromatic heterocycles. The van der Waals surface area contributed by atoms with Crippen molar-refractivity contribution in [3.8, 4) is 0 Å². The summed E-state index contributed by atoms with van der Waals surface area (Å²) in [6.45, 7) is 2.32. The van der Waals surface area contributed by atoms with E-state index in [1.807, 2.05) is 0 Å². The second-order valence-corrected chi connectivity index (χ2v) is 8.32. The highest BCUT2D eigenvalue weighted by Crippen LogP contribution is 2.23. The average Bonchev–Trinajstić information content (AvgIpc) is 2.97. The van der Waals surface area contributed by atoms with Gasteiger partial charge in [-0.25, -0.2) is 13.2 Å². The Hall–Kier alpha value is -3.80. The third-order valence-electron chi connectivity index (χ3n) is 4.36. The number of hydrogen-bond donors (Lipinski definition) is 2. The van der Waals surface area contributed by atoms with Gasteiger partial charge in [-0.2, -0.15) is 0 Å². The molecule has 1 amide bonds. The van der Waals surface area contributed by atoms with Crippen LogP contribution >= 0.6 is 0 Å². The minimum atomic E-state index is -3.74. The Bertz CT molecular complexity index is 1210. The zero-order chi connectivity index (χ0) is 22.8. The molecule has 1 heterocycles. The number of amides is 1. The number of aliphatic imine (C=N–C) groups is 1. The average molecular weight is 446 g/mol. The molecule has 2 aromatic carbocycles. The number of fused-ring (bicyclic) bond motifs is 1. The Morgan fingerprint density at radius 2 is 1.97 bits per heavy atom. The first-order valence-corrected chi connectivity index (χ1v) is 10.5. The standard InChI is InChI=1S/C19H18N4O7S/c1-11-7-8-13(9-15(11)23(26)27)21-17(24)10-30-19(25)12(2)20-18-14-5-3-4-6-16(14)31(28,29)22-18/h3-9,12H,10H2,1-2H3,(H,20,22)(H,21,24)/t12-/m0/s1. The summed E-state index contributed by atoms with van der Waals surface area (Å²) in [4.78, 5) is 38.7. The predicted octanol–water partition coefficient (Wildman–Crippen LogP) is 1.51. The van der Waals surface area contributed by atoms with E-state index >= 15 is 0 Å². The molecule has 3 rings (SSSR count). The number of ether oxygens (including phenoxy) is 1. The highest BCUT2D eigenvalue weighted by Gasteiger charge is 2.31. The topological polar surface area (TPSA) is 157 Å². The number of aryl methyl sites for hydroxylation is 1.